The van der Waals surface area contributed by atoms with Crippen molar-refractivity contribution < 1.29 is 14.3 Å². The first-order valence-electron chi connectivity index (χ1n) is 8.33. The van der Waals surface area contributed by atoms with E-state index in [2.05, 4.69) is 24.9 Å². The minimum Gasteiger partial charge on any atom is -0.486 e. The minimum absolute atomic E-state index is 0.0290. The molecule has 2 rings (SSSR count). The summed E-state index contributed by atoms with van der Waals surface area (Å²) in [7, 11) is 1.53. The molecule has 0 aliphatic heterocycles. The van der Waals surface area contributed by atoms with Crippen molar-refractivity contribution in [1.82, 2.24) is 9.88 Å². The predicted molar refractivity (Wildman–Crippen MR) is 99.9 cm³/mol. The minimum atomic E-state index is -0.0290. The number of rotatable bonds is 8. The summed E-state index contributed by atoms with van der Waals surface area (Å²) in [4.78, 5) is 18.5. The number of thiazole rings is 1. The van der Waals surface area contributed by atoms with Gasteiger partial charge in [0.25, 0.3) is 0 Å². The molecule has 1 aromatic carbocycles. The lowest BCUT2D eigenvalue weighted by Gasteiger charge is -2.25. The van der Waals surface area contributed by atoms with Gasteiger partial charge >= 0.3 is 0 Å². The van der Waals surface area contributed by atoms with Crippen LogP contribution in [0.2, 0.25) is 0 Å². The molecule has 1 amide bonds. The Morgan fingerprint density at radius 3 is 2.76 bits per heavy atom. The molecule has 0 aliphatic carbocycles. The average molecular weight is 362 g/mol. The van der Waals surface area contributed by atoms with Crippen LogP contribution in [-0.4, -0.2) is 35.5 Å². The zero-order chi connectivity index (χ0) is 18.4. The van der Waals surface area contributed by atoms with Crippen LogP contribution < -0.4 is 4.74 Å². The lowest BCUT2D eigenvalue weighted by Crippen LogP contribution is -2.38. The molecular formula is C19H26N2O3S. The SMILES string of the molecule is COCC(=O)N(Cc1csc(COc2cccc(C)c2C)n1)C(C)C. The average Bonchev–Trinajstić information content (AvgIpc) is 3.01. The van der Waals surface area contributed by atoms with Crippen LogP contribution in [0, 0.1) is 13.8 Å². The maximum Gasteiger partial charge on any atom is 0.249 e. The summed E-state index contributed by atoms with van der Waals surface area (Å²) >= 11 is 1.55. The van der Waals surface area contributed by atoms with Crippen LogP contribution >= 0.6 is 11.3 Å². The highest BCUT2D eigenvalue weighted by Gasteiger charge is 2.18. The number of aryl methyl sites for hydroxylation is 1. The maximum atomic E-state index is 12.1. The summed E-state index contributed by atoms with van der Waals surface area (Å²) in [6.07, 6.45) is 0. The highest BCUT2D eigenvalue weighted by Crippen LogP contribution is 2.22. The van der Waals surface area contributed by atoms with E-state index in [-0.39, 0.29) is 18.6 Å². The van der Waals surface area contributed by atoms with Gasteiger partial charge in [0, 0.05) is 18.5 Å². The molecule has 0 atom stereocenters. The fourth-order valence-electron chi connectivity index (χ4n) is 2.45. The van der Waals surface area contributed by atoms with Gasteiger partial charge in [0.1, 0.15) is 24.0 Å². The Labute approximate surface area is 153 Å². The van der Waals surface area contributed by atoms with E-state index in [0.29, 0.717) is 13.2 Å². The van der Waals surface area contributed by atoms with Crippen LogP contribution in [0.4, 0.5) is 0 Å². The smallest absolute Gasteiger partial charge is 0.249 e. The summed E-state index contributed by atoms with van der Waals surface area (Å²) in [5.41, 5.74) is 3.24. The Bertz CT molecular complexity index is 712. The normalized spacial score (nSPS) is 11.0. The molecule has 0 spiro atoms. The summed E-state index contributed by atoms with van der Waals surface area (Å²) < 4.78 is 10.9. The molecule has 5 nitrogen and oxygen atoms in total. The third-order valence-electron chi connectivity index (χ3n) is 4.05. The number of benzene rings is 1. The van der Waals surface area contributed by atoms with Gasteiger partial charge in [0.05, 0.1) is 12.2 Å². The Morgan fingerprint density at radius 2 is 2.08 bits per heavy atom. The van der Waals surface area contributed by atoms with Gasteiger partial charge in [-0.15, -0.1) is 11.3 Å². The van der Waals surface area contributed by atoms with E-state index in [1.807, 2.05) is 31.4 Å². The van der Waals surface area contributed by atoms with E-state index >= 15 is 0 Å². The summed E-state index contributed by atoms with van der Waals surface area (Å²) in [5, 5.41) is 2.89. The highest BCUT2D eigenvalue weighted by molar-refractivity contribution is 7.09. The molecule has 25 heavy (non-hydrogen) atoms. The van der Waals surface area contributed by atoms with Crippen LogP contribution in [0.3, 0.4) is 0 Å². The number of hydrogen-bond acceptors (Lipinski definition) is 5. The second-order valence-electron chi connectivity index (χ2n) is 6.27. The monoisotopic (exact) mass is 362 g/mol. The maximum absolute atomic E-state index is 12.1. The van der Waals surface area contributed by atoms with Gasteiger partial charge in [-0.3, -0.25) is 4.79 Å². The van der Waals surface area contributed by atoms with E-state index in [1.165, 1.54) is 12.7 Å². The van der Waals surface area contributed by atoms with Gasteiger partial charge in [-0.25, -0.2) is 4.98 Å². The van der Waals surface area contributed by atoms with Crippen LogP contribution in [0.5, 0.6) is 5.75 Å². The molecule has 1 aromatic heterocycles. The summed E-state index contributed by atoms with van der Waals surface area (Å²) in [6.45, 7) is 9.11. The Morgan fingerprint density at radius 1 is 1.32 bits per heavy atom. The summed E-state index contributed by atoms with van der Waals surface area (Å²) in [5.74, 6) is 0.856. The van der Waals surface area contributed by atoms with Crippen LogP contribution in [0.25, 0.3) is 0 Å². The Kier molecular flexibility index (Phi) is 6.96. The highest BCUT2D eigenvalue weighted by atomic mass is 32.1. The lowest BCUT2D eigenvalue weighted by atomic mass is 10.1. The lowest BCUT2D eigenvalue weighted by molar-refractivity contribution is -0.137. The number of amides is 1. The molecular weight excluding hydrogens is 336 g/mol. The molecule has 136 valence electrons. The molecule has 0 radical (unpaired) electrons. The van der Waals surface area contributed by atoms with E-state index < -0.39 is 0 Å². The topological polar surface area (TPSA) is 51.7 Å². The van der Waals surface area contributed by atoms with E-state index in [4.69, 9.17) is 9.47 Å². The Hall–Kier alpha value is -1.92. The van der Waals surface area contributed by atoms with Crippen molar-refractivity contribution in [2.75, 3.05) is 13.7 Å². The fourth-order valence-corrected chi connectivity index (χ4v) is 3.14. The zero-order valence-electron chi connectivity index (χ0n) is 15.5. The molecule has 0 saturated heterocycles. The van der Waals surface area contributed by atoms with Crippen molar-refractivity contribution in [3.63, 3.8) is 0 Å². The van der Waals surface area contributed by atoms with E-state index in [9.17, 15) is 4.79 Å². The number of aromatic nitrogens is 1. The van der Waals surface area contributed by atoms with Crippen molar-refractivity contribution in [1.29, 1.82) is 0 Å². The van der Waals surface area contributed by atoms with Crippen molar-refractivity contribution in [3.05, 3.63) is 45.4 Å². The van der Waals surface area contributed by atoms with Crippen molar-refractivity contribution in [2.24, 2.45) is 0 Å². The second-order valence-corrected chi connectivity index (χ2v) is 7.21. The molecule has 0 fully saturated rings. The largest absolute Gasteiger partial charge is 0.486 e. The van der Waals surface area contributed by atoms with Crippen LogP contribution in [0.1, 0.15) is 35.7 Å². The molecule has 6 heteroatoms. The number of nitrogens with zero attached hydrogens (tertiary/aromatic N) is 2. The Balaban J connectivity index is 1.99. The van der Waals surface area contributed by atoms with Gasteiger partial charge in [-0.05, 0) is 44.9 Å². The first-order chi connectivity index (χ1) is 11.9. The van der Waals surface area contributed by atoms with Gasteiger partial charge < -0.3 is 14.4 Å². The van der Waals surface area contributed by atoms with Gasteiger partial charge in [-0.2, -0.15) is 0 Å². The molecule has 1 heterocycles. The number of carbonyl (C=O) groups excluding carboxylic acids is 1. The molecule has 0 saturated carbocycles. The predicted octanol–water partition coefficient (Wildman–Crippen LogP) is 3.72. The molecule has 0 N–H and O–H groups in total. The second kappa shape index (κ2) is 8.97. The van der Waals surface area contributed by atoms with Gasteiger partial charge in [0.2, 0.25) is 5.91 Å². The number of methoxy groups -OCH3 is 1. The van der Waals surface area contributed by atoms with Crippen molar-refractivity contribution in [2.45, 2.75) is 46.9 Å². The van der Waals surface area contributed by atoms with Crippen molar-refractivity contribution >= 4 is 17.2 Å². The zero-order valence-corrected chi connectivity index (χ0v) is 16.4. The molecule has 0 aliphatic rings. The number of hydrogen-bond donors (Lipinski definition) is 0. The third kappa shape index (κ3) is 5.28. The number of carbonyl (C=O) groups is 1. The van der Waals surface area contributed by atoms with Crippen molar-refractivity contribution in [3.8, 4) is 5.75 Å². The first kappa shape index (κ1) is 19.4. The molecule has 0 bridgehead atoms. The molecule has 0 unspecified atom stereocenters. The van der Waals surface area contributed by atoms with E-state index in [0.717, 1.165) is 22.0 Å². The standard InChI is InChI=1S/C19H26N2O3S/c1-13(2)21(19(22)11-23-5)9-16-12-25-18(20-16)10-24-17-8-6-7-14(3)15(17)4/h6-8,12-13H,9-11H2,1-5H3. The number of ether oxygens (including phenoxy) is 2. The quantitative estimate of drug-likeness (QED) is 0.718. The third-order valence-corrected chi connectivity index (χ3v) is 4.92. The fraction of sp³-hybridized carbons (Fsp3) is 0.474. The van der Waals surface area contributed by atoms with Crippen LogP contribution in [0.15, 0.2) is 23.6 Å². The van der Waals surface area contributed by atoms with Gasteiger partial charge in [0.15, 0.2) is 0 Å². The van der Waals surface area contributed by atoms with E-state index in [1.54, 1.807) is 16.2 Å². The van der Waals surface area contributed by atoms with Gasteiger partial charge in [-0.1, -0.05) is 12.1 Å². The summed E-state index contributed by atoms with van der Waals surface area (Å²) in [6, 6.07) is 6.13. The van der Waals surface area contributed by atoms with Crippen LogP contribution in [-0.2, 0) is 22.7 Å². The molecule has 2 aromatic rings. The first-order valence-corrected chi connectivity index (χ1v) is 9.21.